The molecule has 0 spiro atoms. The summed E-state index contributed by atoms with van der Waals surface area (Å²) in [6.45, 7) is 1.91. The molecule has 1 aromatic heterocycles. The van der Waals surface area contributed by atoms with E-state index < -0.39 is 0 Å². The minimum atomic E-state index is 0. The Bertz CT molecular complexity index is 300. The summed E-state index contributed by atoms with van der Waals surface area (Å²) < 4.78 is 0. The van der Waals surface area contributed by atoms with Crippen molar-refractivity contribution in [1.29, 1.82) is 0 Å². The summed E-state index contributed by atoms with van der Waals surface area (Å²) in [7, 11) is 3.01. The standard InChI is InChI=1S/C5H8N6S2.2H2/c1-4(2-7-10-6)12-13-5-3-8-11-9-5;;/h2-3H,1H3,(H2,6,7)(H,8,9,11);2*1H/b4-2+;;. The minimum absolute atomic E-state index is 0. The zero-order chi connectivity index (χ0) is 9.52. The zero-order valence-corrected chi connectivity index (χ0v) is 8.47. The molecule has 0 aliphatic rings. The largest absolute Gasteiger partial charge is 0.305 e. The number of hydrogen-bond acceptors (Lipinski definition) is 6. The van der Waals surface area contributed by atoms with Crippen LogP contribution in [-0.4, -0.2) is 15.4 Å². The van der Waals surface area contributed by atoms with Crippen LogP contribution in [0.5, 0.6) is 0 Å². The van der Waals surface area contributed by atoms with Crippen molar-refractivity contribution < 1.29 is 2.85 Å². The highest BCUT2D eigenvalue weighted by Crippen LogP contribution is 2.34. The second-order valence-corrected chi connectivity index (χ2v) is 4.34. The molecule has 13 heavy (non-hydrogen) atoms. The van der Waals surface area contributed by atoms with Crippen LogP contribution in [0.4, 0.5) is 0 Å². The molecule has 1 aromatic rings. The number of nitrogens with one attached hydrogen (secondary N) is 1. The third-order valence-corrected chi connectivity index (χ3v) is 3.33. The van der Waals surface area contributed by atoms with Gasteiger partial charge in [-0.05, 0) is 17.7 Å². The second-order valence-electron chi connectivity index (χ2n) is 1.95. The Morgan fingerprint density at radius 1 is 1.85 bits per heavy atom. The molecule has 0 aromatic carbocycles. The molecule has 0 unspecified atom stereocenters. The molecule has 0 radical (unpaired) electrons. The van der Waals surface area contributed by atoms with Gasteiger partial charge in [0, 0.05) is 7.76 Å². The Hall–Kier alpha value is -1.02. The van der Waals surface area contributed by atoms with Crippen LogP contribution >= 0.6 is 21.6 Å². The number of aromatic amines is 1. The van der Waals surface area contributed by atoms with E-state index in [1.807, 2.05) is 6.92 Å². The number of hydrogen-bond donors (Lipinski definition) is 2. The van der Waals surface area contributed by atoms with E-state index in [-0.39, 0.29) is 2.85 Å². The molecule has 6 nitrogen and oxygen atoms in total. The van der Waals surface area contributed by atoms with E-state index in [0.717, 1.165) is 9.93 Å². The van der Waals surface area contributed by atoms with Crippen LogP contribution in [0.15, 0.2) is 32.7 Å². The number of H-pyrrole nitrogens is 1. The predicted octanol–water partition coefficient (Wildman–Crippen LogP) is 2.22. The van der Waals surface area contributed by atoms with Gasteiger partial charge in [-0.2, -0.15) is 10.3 Å². The lowest BCUT2D eigenvalue weighted by Gasteiger charge is -1.93. The fourth-order valence-corrected chi connectivity index (χ4v) is 1.98. The van der Waals surface area contributed by atoms with Crippen LogP contribution in [0.1, 0.15) is 9.78 Å². The molecule has 1 rings (SSSR count). The van der Waals surface area contributed by atoms with Gasteiger partial charge in [-0.1, -0.05) is 16.0 Å². The molecule has 74 valence electrons. The van der Waals surface area contributed by atoms with Gasteiger partial charge in [0.2, 0.25) is 0 Å². The Morgan fingerprint density at radius 2 is 2.69 bits per heavy atom. The maximum Gasteiger partial charge on any atom is 0.149 e. The maximum atomic E-state index is 4.84. The van der Waals surface area contributed by atoms with Crippen molar-refractivity contribution in [3.8, 4) is 0 Å². The summed E-state index contributed by atoms with van der Waals surface area (Å²) >= 11 is 0. The van der Waals surface area contributed by atoms with Crippen LogP contribution in [-0.2, 0) is 0 Å². The Morgan fingerprint density at radius 3 is 3.31 bits per heavy atom. The molecule has 1 heterocycles. The van der Waals surface area contributed by atoms with E-state index in [9.17, 15) is 0 Å². The maximum absolute atomic E-state index is 4.84. The average molecular weight is 220 g/mol. The summed E-state index contributed by atoms with van der Waals surface area (Å²) in [6.07, 6.45) is 3.23. The summed E-state index contributed by atoms with van der Waals surface area (Å²) in [5.74, 6) is 4.84. The van der Waals surface area contributed by atoms with Gasteiger partial charge >= 0.3 is 0 Å². The third kappa shape index (κ3) is 3.95. The highest BCUT2D eigenvalue weighted by molar-refractivity contribution is 8.78. The fraction of sp³-hybridized carbons (Fsp3) is 0.200. The third-order valence-electron chi connectivity index (χ3n) is 0.958. The first-order valence-corrected chi connectivity index (χ1v) is 5.45. The number of aromatic nitrogens is 3. The number of allylic oxidation sites excluding steroid dienone is 1. The lowest BCUT2D eigenvalue weighted by molar-refractivity contribution is 0.912. The number of nitrogens with zero attached hydrogens (tertiary/aromatic N) is 4. The molecule has 8 heteroatoms. The van der Waals surface area contributed by atoms with Crippen molar-refractivity contribution in [2.45, 2.75) is 11.9 Å². The lowest BCUT2D eigenvalue weighted by atomic mass is 10.7. The molecular weight excluding hydrogens is 208 g/mol. The van der Waals surface area contributed by atoms with E-state index in [1.54, 1.807) is 12.4 Å². The number of nitrogens with two attached hydrogens (primary N) is 1. The van der Waals surface area contributed by atoms with Crippen molar-refractivity contribution in [2.75, 3.05) is 0 Å². The van der Waals surface area contributed by atoms with E-state index in [4.69, 9.17) is 5.84 Å². The van der Waals surface area contributed by atoms with Gasteiger partial charge < -0.3 is 5.84 Å². The Kier molecular flexibility index (Phi) is 4.33. The van der Waals surface area contributed by atoms with Crippen LogP contribution in [0.3, 0.4) is 0 Å². The van der Waals surface area contributed by atoms with Crippen LogP contribution < -0.4 is 5.84 Å². The predicted molar refractivity (Wildman–Crippen MR) is 56.9 cm³/mol. The molecule has 3 N–H and O–H groups in total. The average Bonchev–Trinajstić information content (AvgIpc) is 2.64. The first kappa shape index (κ1) is 10.1. The molecule has 0 saturated heterocycles. The van der Waals surface area contributed by atoms with Crippen molar-refractivity contribution in [2.24, 2.45) is 16.2 Å². The Labute approximate surface area is 85.8 Å². The van der Waals surface area contributed by atoms with Gasteiger partial charge in [-0.3, -0.25) is 0 Å². The summed E-state index contributed by atoms with van der Waals surface area (Å²) in [4.78, 5) is 0.988. The quantitative estimate of drug-likeness (QED) is 0.351. The fourth-order valence-electron chi connectivity index (χ4n) is 0.476. The van der Waals surface area contributed by atoms with E-state index >= 15 is 0 Å². The van der Waals surface area contributed by atoms with Gasteiger partial charge in [-0.15, -0.1) is 10.2 Å². The van der Waals surface area contributed by atoms with Crippen molar-refractivity contribution in [3.05, 3.63) is 17.3 Å². The summed E-state index contributed by atoms with van der Waals surface area (Å²) in [5, 5.41) is 17.5. The molecule has 0 bridgehead atoms. The Balaban J connectivity index is 0. The zero-order valence-electron chi connectivity index (χ0n) is 6.84. The van der Waals surface area contributed by atoms with Crippen molar-refractivity contribution in [1.82, 2.24) is 15.4 Å². The van der Waals surface area contributed by atoms with Crippen LogP contribution in [0.2, 0.25) is 0 Å². The first-order valence-electron chi connectivity index (χ1n) is 3.30. The van der Waals surface area contributed by atoms with E-state index in [1.165, 1.54) is 21.6 Å². The first-order chi connectivity index (χ1) is 6.33. The van der Waals surface area contributed by atoms with Crippen LogP contribution in [0.25, 0.3) is 0 Å². The minimum Gasteiger partial charge on any atom is -0.305 e. The van der Waals surface area contributed by atoms with Crippen LogP contribution in [0, 0.1) is 0 Å². The molecular formula is C5H12N6S2. The number of rotatable bonds is 4. The van der Waals surface area contributed by atoms with Crippen molar-refractivity contribution >= 4 is 21.6 Å². The summed E-state index contributed by atoms with van der Waals surface area (Å²) in [6, 6.07) is 0. The molecule has 0 aliphatic carbocycles. The molecule has 0 atom stereocenters. The SMILES string of the molecule is C/C(=C\N=NN)SSc1cn[nH]n1.[HH].[HH]. The topological polar surface area (TPSA) is 92.3 Å². The van der Waals surface area contributed by atoms with Gasteiger partial charge in [-0.25, -0.2) is 0 Å². The summed E-state index contributed by atoms with van der Waals surface area (Å²) in [5.41, 5.74) is 0. The molecule has 0 saturated carbocycles. The van der Waals surface area contributed by atoms with E-state index in [0.29, 0.717) is 0 Å². The lowest BCUT2D eigenvalue weighted by Crippen LogP contribution is -1.72. The van der Waals surface area contributed by atoms with E-state index in [2.05, 4.69) is 25.7 Å². The normalized spacial score (nSPS) is 12.5. The molecule has 0 amide bonds. The van der Waals surface area contributed by atoms with Gasteiger partial charge in [0.1, 0.15) is 5.03 Å². The van der Waals surface area contributed by atoms with Crippen molar-refractivity contribution in [3.63, 3.8) is 0 Å². The smallest absolute Gasteiger partial charge is 0.149 e. The monoisotopic (exact) mass is 220 g/mol. The molecule has 0 aliphatic heterocycles. The molecule has 0 fully saturated rings. The highest BCUT2D eigenvalue weighted by Gasteiger charge is 1.97. The second kappa shape index (κ2) is 5.60. The van der Waals surface area contributed by atoms with Gasteiger partial charge in [0.25, 0.3) is 0 Å². The highest BCUT2D eigenvalue weighted by atomic mass is 33.1. The van der Waals surface area contributed by atoms with Gasteiger partial charge in [0.05, 0.1) is 12.4 Å². The van der Waals surface area contributed by atoms with Gasteiger partial charge in [0.15, 0.2) is 0 Å².